The minimum absolute atomic E-state index is 0.644. The molecule has 2 heterocycles. The van der Waals surface area contributed by atoms with Crippen LogP contribution in [0.5, 0.6) is 11.5 Å². The summed E-state index contributed by atoms with van der Waals surface area (Å²) in [6.07, 6.45) is 0. The number of rotatable bonds is 19. The second-order valence-electron chi connectivity index (χ2n) is 25.6. The van der Waals surface area contributed by atoms with Crippen LogP contribution in [0.2, 0.25) is 0 Å². The number of benzene rings is 16. The third-order valence-electron chi connectivity index (χ3n) is 19.1. The van der Waals surface area contributed by atoms with Gasteiger partial charge in [0.2, 0.25) is 0 Å². The maximum atomic E-state index is 7.67. The fraction of sp³-hybridized carbons (Fsp3) is 0. The minimum Gasteiger partial charge on any atom is -0.457 e. The second kappa shape index (κ2) is 28.1. The highest BCUT2D eigenvalue weighted by Crippen LogP contribution is 2.54. The average Bonchev–Trinajstić information content (AvgIpc) is 1.57. The van der Waals surface area contributed by atoms with Crippen LogP contribution in [-0.2, 0) is 0 Å². The van der Waals surface area contributed by atoms with Gasteiger partial charge in [0.1, 0.15) is 11.5 Å². The average molecular weight is 1370 g/mol. The van der Waals surface area contributed by atoms with Crippen molar-refractivity contribution in [1.82, 2.24) is 0 Å². The van der Waals surface area contributed by atoms with Gasteiger partial charge >= 0.3 is 0 Å². The van der Waals surface area contributed by atoms with Gasteiger partial charge in [-0.2, -0.15) is 0 Å². The van der Waals surface area contributed by atoms with Crippen LogP contribution in [0.1, 0.15) is 0 Å². The summed E-state index contributed by atoms with van der Waals surface area (Å²) in [5, 5.41) is 4.81. The van der Waals surface area contributed by atoms with E-state index in [4.69, 9.17) is 4.74 Å². The maximum Gasteiger partial charge on any atom is 0.131 e. The number of thiophene rings is 2. The normalized spacial score (nSPS) is 11.3. The predicted octanol–water partition coefficient (Wildman–Crippen LogP) is 28.9. The van der Waals surface area contributed by atoms with Gasteiger partial charge in [0, 0.05) is 109 Å². The van der Waals surface area contributed by atoms with Gasteiger partial charge in [0.05, 0.1) is 45.5 Å². The lowest BCUT2D eigenvalue weighted by atomic mass is 9.94. The summed E-state index contributed by atoms with van der Waals surface area (Å²) in [5.41, 5.74) is 19.0. The van der Waals surface area contributed by atoms with E-state index < -0.39 is 0 Å². The smallest absolute Gasteiger partial charge is 0.131 e. The highest BCUT2D eigenvalue weighted by atomic mass is 32.1. The van der Waals surface area contributed by atoms with Crippen molar-refractivity contribution in [2.24, 2.45) is 0 Å². The topological polar surface area (TPSA) is 25.4 Å². The fourth-order valence-corrected chi connectivity index (χ4v) is 16.9. The van der Waals surface area contributed by atoms with Gasteiger partial charge in [-0.05, 0) is 157 Å². The van der Waals surface area contributed by atoms with Crippen molar-refractivity contribution in [3.8, 4) is 33.8 Å². The molecule has 8 heteroatoms. The highest BCUT2D eigenvalue weighted by Gasteiger charge is 2.29. The molecule has 2 aromatic heterocycles. The number of hydrogen-bond acceptors (Lipinski definition) is 8. The number of hydrogen-bond donors (Lipinski definition) is 0. The third kappa shape index (κ3) is 12.2. The lowest BCUT2D eigenvalue weighted by Gasteiger charge is -2.34. The van der Waals surface area contributed by atoms with E-state index in [0.29, 0.717) is 11.5 Å². The van der Waals surface area contributed by atoms with Gasteiger partial charge in [-0.1, -0.05) is 243 Å². The van der Waals surface area contributed by atoms with Crippen LogP contribution >= 0.6 is 22.7 Å². The molecule has 0 atom stereocenters. The molecule has 16 aromatic carbocycles. The quantitative estimate of drug-likeness (QED) is 0.0800. The SMILES string of the molecule is c1ccc(-c2cccc(-c3ccccc3)c2N(c2cccc(Oc3cc(N(c4ccccc4)c4ccccc4)cc(N(c4ccccc4)c4cccc5sc6ccccc6c45)c3)c2)c2cc(N(c3ccccc3)c3ccccc3)cc(N(c3ccccc3)c3cccc4sc5ccccc5c34)c2)cc1. The molecule has 0 spiro atoms. The van der Waals surface area contributed by atoms with E-state index in [1.807, 2.05) is 22.7 Å². The van der Waals surface area contributed by atoms with Crippen LogP contribution in [0, 0.1) is 0 Å². The van der Waals surface area contributed by atoms with E-state index in [1.165, 1.54) is 40.3 Å². The Morgan fingerprint density at radius 2 is 0.481 bits per heavy atom. The number of anilines is 15. The molecule has 0 unspecified atom stereocenters. The fourth-order valence-electron chi connectivity index (χ4n) is 14.7. The number of ether oxygens (including phenoxy) is 1. The Balaban J connectivity index is 0.901. The van der Waals surface area contributed by atoms with Crippen molar-refractivity contribution >= 4 is 148 Å². The molecular formula is C96H67N5OS2. The molecule has 6 nitrogen and oxygen atoms in total. The lowest BCUT2D eigenvalue weighted by Crippen LogP contribution is -2.17. The standard InChI is InChI=1S/C96H67N5OS2/c1-9-33-68(34-10-1)84-53-30-54-85(69-35-11-2-12-36-69)96(84)101(79-62-77(97(70-37-13-3-14-38-70)71-39-15-4-16-40-71)61-78(63-79)99(74-45-21-7-22-46-74)88-55-31-59-92-94(88)86-51-25-27-57-90(86)103-92)76-49-29-50-82(65-76)102-83-66-80(98(72-41-17-5-18-42-72)73-43-19-6-20-44-73)64-81(67-83)100(75-47-23-8-24-48-75)89-56-32-60-93-95(89)87-52-26-28-58-91(87)104-93/h1-67H. The Kier molecular flexibility index (Phi) is 17.0. The molecule has 0 radical (unpaired) electrons. The minimum atomic E-state index is 0.644. The summed E-state index contributed by atoms with van der Waals surface area (Å²) >= 11 is 3.65. The zero-order valence-electron chi connectivity index (χ0n) is 56.6. The van der Waals surface area contributed by atoms with Gasteiger partial charge < -0.3 is 29.2 Å². The first-order valence-electron chi connectivity index (χ1n) is 35.0. The molecule has 0 amide bonds. The van der Waals surface area contributed by atoms with Gasteiger partial charge in [-0.3, -0.25) is 0 Å². The second-order valence-corrected chi connectivity index (χ2v) is 27.8. The summed E-state index contributed by atoms with van der Waals surface area (Å²) in [7, 11) is 0. The molecule has 0 saturated heterocycles. The molecule has 18 rings (SSSR count). The van der Waals surface area contributed by atoms with E-state index in [9.17, 15) is 0 Å². The summed E-state index contributed by atoms with van der Waals surface area (Å²) in [6.45, 7) is 0. The van der Waals surface area contributed by atoms with Crippen molar-refractivity contribution in [3.63, 3.8) is 0 Å². The molecule has 0 aliphatic carbocycles. The first-order valence-corrected chi connectivity index (χ1v) is 36.7. The summed E-state index contributed by atoms with van der Waals surface area (Å²) in [6, 6.07) is 146. The Morgan fingerprint density at radius 1 is 0.192 bits per heavy atom. The number of para-hydroxylation sites is 7. The van der Waals surface area contributed by atoms with Crippen LogP contribution in [0.15, 0.2) is 406 Å². The lowest BCUT2D eigenvalue weighted by molar-refractivity contribution is 0.483. The molecule has 18 aromatic rings. The van der Waals surface area contributed by atoms with E-state index in [1.54, 1.807) is 0 Å². The predicted molar refractivity (Wildman–Crippen MR) is 443 cm³/mol. The Morgan fingerprint density at radius 3 is 0.894 bits per heavy atom. The van der Waals surface area contributed by atoms with E-state index in [-0.39, 0.29) is 0 Å². The van der Waals surface area contributed by atoms with Crippen LogP contribution in [0.25, 0.3) is 62.6 Å². The molecule has 0 aliphatic heterocycles. The summed E-state index contributed by atoms with van der Waals surface area (Å²) in [5.74, 6) is 1.29. The van der Waals surface area contributed by atoms with Crippen molar-refractivity contribution < 1.29 is 4.74 Å². The van der Waals surface area contributed by atoms with E-state index in [0.717, 1.165) is 108 Å². The first-order chi connectivity index (χ1) is 51.6. The van der Waals surface area contributed by atoms with Crippen LogP contribution in [0.4, 0.5) is 85.3 Å². The monoisotopic (exact) mass is 1370 g/mol. The van der Waals surface area contributed by atoms with Gasteiger partial charge in [-0.25, -0.2) is 0 Å². The van der Waals surface area contributed by atoms with E-state index >= 15 is 0 Å². The van der Waals surface area contributed by atoms with Gasteiger partial charge in [0.25, 0.3) is 0 Å². The Labute approximate surface area is 613 Å². The van der Waals surface area contributed by atoms with Crippen LogP contribution in [-0.4, -0.2) is 0 Å². The highest BCUT2D eigenvalue weighted by molar-refractivity contribution is 7.26. The van der Waals surface area contributed by atoms with Crippen LogP contribution in [0.3, 0.4) is 0 Å². The van der Waals surface area contributed by atoms with Gasteiger partial charge in [-0.15, -0.1) is 22.7 Å². The molecule has 494 valence electrons. The molecule has 0 saturated carbocycles. The zero-order chi connectivity index (χ0) is 69.1. The molecule has 0 N–H and O–H groups in total. The van der Waals surface area contributed by atoms with Crippen molar-refractivity contribution in [3.05, 3.63) is 406 Å². The molecule has 104 heavy (non-hydrogen) atoms. The van der Waals surface area contributed by atoms with E-state index in [2.05, 4.69) is 431 Å². The molecule has 0 fully saturated rings. The van der Waals surface area contributed by atoms with Crippen molar-refractivity contribution in [2.75, 3.05) is 24.5 Å². The Hall–Kier alpha value is -13.2. The largest absolute Gasteiger partial charge is 0.457 e. The third-order valence-corrected chi connectivity index (χ3v) is 21.4. The zero-order valence-corrected chi connectivity index (χ0v) is 58.3. The summed E-state index contributed by atoms with van der Waals surface area (Å²) in [4.78, 5) is 12.0. The van der Waals surface area contributed by atoms with Crippen molar-refractivity contribution in [1.29, 1.82) is 0 Å². The summed E-state index contributed by atoms with van der Waals surface area (Å²) < 4.78 is 12.6. The number of nitrogens with zero attached hydrogens (tertiary/aromatic N) is 5. The van der Waals surface area contributed by atoms with Gasteiger partial charge in [0.15, 0.2) is 0 Å². The molecule has 0 aliphatic rings. The Bertz CT molecular complexity index is 5910. The number of fused-ring (bicyclic) bond motifs is 6. The first kappa shape index (κ1) is 63.0. The molecular weight excluding hydrogens is 1300 g/mol. The van der Waals surface area contributed by atoms with Crippen LogP contribution < -0.4 is 29.2 Å². The van der Waals surface area contributed by atoms with Crippen molar-refractivity contribution in [2.45, 2.75) is 0 Å². The maximum absolute atomic E-state index is 7.67. The molecule has 0 bridgehead atoms.